The zero-order valence-electron chi connectivity index (χ0n) is 10.6. The number of hydrogen-bond donors (Lipinski definition) is 1. The minimum Gasteiger partial charge on any atom is -0.481 e. The van der Waals surface area contributed by atoms with Gasteiger partial charge in [-0.3, -0.25) is 4.79 Å². The van der Waals surface area contributed by atoms with E-state index in [9.17, 15) is 22.4 Å². The first-order valence-corrected chi connectivity index (χ1v) is 5.96. The first-order valence-electron chi connectivity index (χ1n) is 5.96. The van der Waals surface area contributed by atoms with Crippen molar-refractivity contribution in [2.75, 3.05) is 0 Å². The Bertz CT molecular complexity index is 678. The Morgan fingerprint density at radius 1 is 1.00 bits per heavy atom. The molecule has 0 saturated carbocycles. The van der Waals surface area contributed by atoms with Crippen molar-refractivity contribution in [2.45, 2.75) is 12.6 Å². The van der Waals surface area contributed by atoms with E-state index in [4.69, 9.17) is 5.11 Å². The Morgan fingerprint density at radius 3 is 2.24 bits per heavy atom. The minimum atomic E-state index is -4.61. The lowest BCUT2D eigenvalue weighted by Gasteiger charge is -2.15. The van der Waals surface area contributed by atoms with Crippen molar-refractivity contribution >= 4 is 5.97 Å². The lowest BCUT2D eigenvalue weighted by Crippen LogP contribution is -2.09. The highest BCUT2D eigenvalue weighted by molar-refractivity contribution is 5.78. The van der Waals surface area contributed by atoms with Crippen molar-refractivity contribution in [3.63, 3.8) is 0 Å². The first kappa shape index (κ1) is 15.0. The van der Waals surface area contributed by atoms with Gasteiger partial charge in [0.2, 0.25) is 0 Å². The monoisotopic (exact) mass is 298 g/mol. The molecule has 0 aliphatic heterocycles. The molecule has 6 heteroatoms. The average molecular weight is 298 g/mol. The number of benzene rings is 2. The van der Waals surface area contributed by atoms with Crippen molar-refractivity contribution < 1.29 is 27.5 Å². The van der Waals surface area contributed by atoms with Crippen molar-refractivity contribution in [2.24, 2.45) is 0 Å². The first-order chi connectivity index (χ1) is 9.80. The molecule has 1 N–H and O–H groups in total. The molecule has 0 spiro atoms. The topological polar surface area (TPSA) is 37.3 Å². The van der Waals surface area contributed by atoms with Crippen LogP contribution in [-0.4, -0.2) is 11.1 Å². The van der Waals surface area contributed by atoms with Crippen LogP contribution in [0.5, 0.6) is 0 Å². The molecule has 0 unspecified atom stereocenters. The molecule has 0 bridgehead atoms. The summed E-state index contributed by atoms with van der Waals surface area (Å²) in [7, 11) is 0. The lowest BCUT2D eigenvalue weighted by atomic mass is 9.93. The Balaban J connectivity index is 2.68. The summed E-state index contributed by atoms with van der Waals surface area (Å²) in [6, 6.07) is 8.25. The van der Waals surface area contributed by atoms with Crippen LogP contribution in [-0.2, 0) is 17.4 Å². The van der Waals surface area contributed by atoms with Crippen molar-refractivity contribution in [3.05, 3.63) is 59.4 Å². The third kappa shape index (κ3) is 3.21. The molecular weight excluding hydrogens is 288 g/mol. The van der Waals surface area contributed by atoms with Crippen LogP contribution in [0.15, 0.2) is 42.5 Å². The Kier molecular flexibility index (Phi) is 3.97. The summed E-state index contributed by atoms with van der Waals surface area (Å²) in [5.41, 5.74) is -1.49. The summed E-state index contributed by atoms with van der Waals surface area (Å²) in [6.07, 6.45) is -5.29. The normalized spacial score (nSPS) is 11.4. The molecule has 21 heavy (non-hydrogen) atoms. The fourth-order valence-electron chi connectivity index (χ4n) is 2.11. The van der Waals surface area contributed by atoms with Crippen LogP contribution in [0.25, 0.3) is 11.1 Å². The Labute approximate surface area is 117 Å². The van der Waals surface area contributed by atoms with Gasteiger partial charge in [0.25, 0.3) is 0 Å². The predicted molar refractivity (Wildman–Crippen MR) is 68.2 cm³/mol. The maximum absolute atomic E-state index is 13.8. The molecule has 2 aromatic rings. The number of alkyl halides is 3. The summed E-state index contributed by atoms with van der Waals surface area (Å²) < 4.78 is 52.8. The molecular formula is C15H10F4O2. The number of aliphatic carboxylic acids is 1. The van der Waals surface area contributed by atoms with Gasteiger partial charge in [-0.2, -0.15) is 13.2 Å². The molecule has 0 atom stereocenters. The molecule has 0 aliphatic rings. The molecule has 0 aromatic heterocycles. The van der Waals surface area contributed by atoms with E-state index in [0.29, 0.717) is 0 Å². The third-order valence-electron chi connectivity index (χ3n) is 2.97. The van der Waals surface area contributed by atoms with Crippen LogP contribution < -0.4 is 0 Å². The molecule has 2 nitrogen and oxygen atoms in total. The zero-order valence-corrected chi connectivity index (χ0v) is 10.6. The summed E-state index contributed by atoms with van der Waals surface area (Å²) in [5, 5.41) is 8.80. The largest absolute Gasteiger partial charge is 0.481 e. The van der Waals surface area contributed by atoms with Gasteiger partial charge < -0.3 is 5.11 Å². The highest BCUT2D eigenvalue weighted by atomic mass is 19.4. The molecule has 0 saturated heterocycles. The second kappa shape index (κ2) is 5.55. The van der Waals surface area contributed by atoms with E-state index >= 15 is 0 Å². The molecule has 110 valence electrons. The average Bonchev–Trinajstić information content (AvgIpc) is 2.40. The van der Waals surface area contributed by atoms with Crippen molar-refractivity contribution in [1.29, 1.82) is 0 Å². The van der Waals surface area contributed by atoms with Crippen LogP contribution >= 0.6 is 0 Å². The lowest BCUT2D eigenvalue weighted by molar-refractivity contribution is -0.137. The number of hydrogen-bond acceptors (Lipinski definition) is 1. The Morgan fingerprint density at radius 2 is 1.62 bits per heavy atom. The highest BCUT2D eigenvalue weighted by Crippen LogP contribution is 2.38. The summed E-state index contributed by atoms with van der Waals surface area (Å²) >= 11 is 0. The highest BCUT2D eigenvalue weighted by Gasteiger charge is 2.34. The van der Waals surface area contributed by atoms with Crippen LogP contribution in [0.2, 0.25) is 0 Å². The standard InChI is InChI=1S/C15H10F4O2/c16-13-7-3-5-9(11(13)8-14(20)21)10-4-1-2-6-12(10)15(17,18)19/h1-7H,8H2,(H,20,21). The van der Waals surface area contributed by atoms with E-state index in [-0.39, 0.29) is 16.7 Å². The van der Waals surface area contributed by atoms with E-state index in [1.807, 2.05) is 0 Å². The van der Waals surface area contributed by atoms with Gasteiger partial charge in [-0.05, 0) is 23.3 Å². The second-order valence-electron chi connectivity index (χ2n) is 4.38. The Hall–Kier alpha value is -2.37. The number of carboxylic acid groups (broad SMARTS) is 1. The quantitative estimate of drug-likeness (QED) is 0.865. The SMILES string of the molecule is O=C(O)Cc1c(F)cccc1-c1ccccc1C(F)(F)F. The maximum Gasteiger partial charge on any atom is 0.417 e. The molecule has 2 rings (SSSR count). The third-order valence-corrected chi connectivity index (χ3v) is 2.97. The van der Waals surface area contributed by atoms with E-state index < -0.39 is 29.9 Å². The van der Waals surface area contributed by atoms with E-state index in [0.717, 1.165) is 12.1 Å². The predicted octanol–water partition coefficient (Wildman–Crippen LogP) is 4.14. The second-order valence-corrected chi connectivity index (χ2v) is 4.38. The van der Waals surface area contributed by atoms with Crippen LogP contribution in [0, 0.1) is 5.82 Å². The molecule has 0 radical (unpaired) electrons. The van der Waals surface area contributed by atoms with Gasteiger partial charge >= 0.3 is 12.1 Å². The van der Waals surface area contributed by atoms with Gasteiger partial charge in [0.15, 0.2) is 0 Å². The minimum absolute atomic E-state index is 0.0645. The number of halogens is 4. The molecule has 0 fully saturated rings. The summed E-state index contributed by atoms with van der Waals surface area (Å²) in [5.74, 6) is -2.15. The van der Waals surface area contributed by atoms with Gasteiger partial charge in [-0.15, -0.1) is 0 Å². The van der Waals surface area contributed by atoms with Gasteiger partial charge in [0.1, 0.15) is 5.82 Å². The number of carboxylic acids is 1. The number of carbonyl (C=O) groups is 1. The van der Waals surface area contributed by atoms with Gasteiger partial charge in [0, 0.05) is 5.56 Å². The molecule has 0 aliphatic carbocycles. The van der Waals surface area contributed by atoms with Gasteiger partial charge in [-0.1, -0.05) is 30.3 Å². The van der Waals surface area contributed by atoms with E-state index in [1.165, 1.54) is 30.3 Å². The zero-order chi connectivity index (χ0) is 15.6. The molecule has 0 heterocycles. The van der Waals surface area contributed by atoms with Crippen molar-refractivity contribution in [1.82, 2.24) is 0 Å². The van der Waals surface area contributed by atoms with Gasteiger partial charge in [0.05, 0.1) is 12.0 Å². The smallest absolute Gasteiger partial charge is 0.417 e. The molecule has 0 amide bonds. The number of rotatable bonds is 3. The van der Waals surface area contributed by atoms with Crippen LogP contribution in [0.4, 0.5) is 17.6 Å². The van der Waals surface area contributed by atoms with Gasteiger partial charge in [-0.25, -0.2) is 4.39 Å². The molecule has 2 aromatic carbocycles. The summed E-state index contributed by atoms with van der Waals surface area (Å²) in [6.45, 7) is 0. The van der Waals surface area contributed by atoms with Crippen LogP contribution in [0.1, 0.15) is 11.1 Å². The fraction of sp³-hybridized carbons (Fsp3) is 0.133. The van der Waals surface area contributed by atoms with Crippen molar-refractivity contribution in [3.8, 4) is 11.1 Å². The van der Waals surface area contributed by atoms with E-state index in [1.54, 1.807) is 0 Å². The van der Waals surface area contributed by atoms with E-state index in [2.05, 4.69) is 0 Å². The fourth-order valence-corrected chi connectivity index (χ4v) is 2.11. The maximum atomic E-state index is 13.8. The summed E-state index contributed by atoms with van der Waals surface area (Å²) in [4.78, 5) is 10.8. The van der Waals surface area contributed by atoms with Crippen LogP contribution in [0.3, 0.4) is 0 Å².